The summed E-state index contributed by atoms with van der Waals surface area (Å²) in [6, 6.07) is 9.14. The summed E-state index contributed by atoms with van der Waals surface area (Å²) in [5, 5.41) is 0. The molecule has 2 heteroatoms. The van der Waals surface area contributed by atoms with E-state index < -0.39 is 0 Å². The predicted molar refractivity (Wildman–Crippen MR) is 72.2 cm³/mol. The minimum atomic E-state index is -0.256. The molecule has 0 N–H and O–H groups in total. The van der Waals surface area contributed by atoms with Crippen LogP contribution >= 0.6 is 0 Å². The highest BCUT2D eigenvalue weighted by Gasteiger charge is 2.09. The Morgan fingerprint density at radius 3 is 2.61 bits per heavy atom. The number of benzene rings is 1. The van der Waals surface area contributed by atoms with Gasteiger partial charge in [-0.05, 0) is 43.9 Å². The Balaban J connectivity index is 1.97. The Hall–Kier alpha value is -1.83. The van der Waals surface area contributed by atoms with E-state index in [0.29, 0.717) is 5.56 Å². The summed E-state index contributed by atoms with van der Waals surface area (Å²) < 4.78 is 5.46. The van der Waals surface area contributed by atoms with E-state index in [-0.39, 0.29) is 5.97 Å². The molecule has 0 bridgehead atoms. The van der Waals surface area contributed by atoms with Crippen molar-refractivity contribution in [3.05, 3.63) is 59.9 Å². The van der Waals surface area contributed by atoms with Gasteiger partial charge < -0.3 is 4.74 Å². The number of carbonyl (C=O) groups is 1. The maximum absolute atomic E-state index is 11.9. The van der Waals surface area contributed by atoms with Crippen LogP contribution in [-0.4, -0.2) is 5.97 Å². The van der Waals surface area contributed by atoms with E-state index in [1.54, 1.807) is 12.1 Å². The van der Waals surface area contributed by atoms with Crippen molar-refractivity contribution >= 4 is 5.97 Å². The fourth-order valence-electron chi connectivity index (χ4n) is 1.92. The lowest BCUT2D eigenvalue weighted by Crippen LogP contribution is -2.05. The minimum absolute atomic E-state index is 0.256. The summed E-state index contributed by atoms with van der Waals surface area (Å²) in [6.07, 6.45) is 11.3. The van der Waals surface area contributed by atoms with Crippen LogP contribution in [-0.2, 0) is 4.74 Å². The molecule has 0 aromatic heterocycles. The molecule has 1 aromatic carbocycles. The molecule has 94 valence electrons. The molecule has 1 aliphatic rings. The van der Waals surface area contributed by atoms with Gasteiger partial charge in [0.1, 0.15) is 5.76 Å². The number of rotatable bonds is 2. The van der Waals surface area contributed by atoms with Crippen LogP contribution in [0.25, 0.3) is 0 Å². The smallest absolute Gasteiger partial charge is 0.343 e. The molecular formula is C16H18O2. The van der Waals surface area contributed by atoms with Gasteiger partial charge in [-0.15, -0.1) is 0 Å². The highest BCUT2D eigenvalue weighted by Crippen LogP contribution is 2.16. The molecule has 0 radical (unpaired) electrons. The number of carbonyl (C=O) groups excluding carboxylic acids is 1. The maximum atomic E-state index is 11.9. The van der Waals surface area contributed by atoms with Gasteiger partial charge in [-0.3, -0.25) is 0 Å². The predicted octanol–water partition coefficient (Wildman–Crippen LogP) is 4.25. The molecule has 1 aromatic rings. The Kier molecular flexibility index (Phi) is 4.77. The van der Waals surface area contributed by atoms with E-state index in [9.17, 15) is 4.79 Å². The van der Waals surface area contributed by atoms with E-state index in [1.807, 2.05) is 24.3 Å². The molecule has 0 aliphatic heterocycles. The molecular weight excluding hydrogens is 224 g/mol. The molecule has 0 fully saturated rings. The van der Waals surface area contributed by atoms with E-state index in [0.717, 1.165) is 37.9 Å². The van der Waals surface area contributed by atoms with Gasteiger partial charge in [0.15, 0.2) is 0 Å². The van der Waals surface area contributed by atoms with Crippen molar-refractivity contribution < 1.29 is 9.53 Å². The zero-order valence-electron chi connectivity index (χ0n) is 10.5. The molecule has 0 unspecified atom stereocenters. The highest BCUT2D eigenvalue weighted by atomic mass is 16.5. The van der Waals surface area contributed by atoms with Crippen LogP contribution in [0.15, 0.2) is 54.3 Å². The monoisotopic (exact) mass is 242 g/mol. The zero-order valence-corrected chi connectivity index (χ0v) is 10.5. The van der Waals surface area contributed by atoms with Crippen LogP contribution < -0.4 is 0 Å². The molecule has 0 heterocycles. The SMILES string of the molecule is O=C(O/C1=C/CC/C=C/CCC1)c1ccccc1. The van der Waals surface area contributed by atoms with Crippen LogP contribution in [0.5, 0.6) is 0 Å². The first-order valence-corrected chi connectivity index (χ1v) is 6.47. The van der Waals surface area contributed by atoms with Crippen LogP contribution in [0.1, 0.15) is 42.5 Å². The van der Waals surface area contributed by atoms with Gasteiger partial charge in [0.2, 0.25) is 0 Å². The van der Waals surface area contributed by atoms with E-state index in [4.69, 9.17) is 4.74 Å². The highest BCUT2D eigenvalue weighted by molar-refractivity contribution is 5.89. The topological polar surface area (TPSA) is 26.3 Å². The van der Waals surface area contributed by atoms with Gasteiger partial charge in [-0.1, -0.05) is 30.4 Å². The fourth-order valence-corrected chi connectivity index (χ4v) is 1.92. The molecule has 18 heavy (non-hydrogen) atoms. The number of allylic oxidation sites excluding steroid dienone is 4. The number of hydrogen-bond donors (Lipinski definition) is 0. The quantitative estimate of drug-likeness (QED) is 0.572. The fraction of sp³-hybridized carbons (Fsp3) is 0.312. The molecule has 0 saturated heterocycles. The average molecular weight is 242 g/mol. The van der Waals surface area contributed by atoms with Gasteiger partial charge in [0.25, 0.3) is 0 Å². The standard InChI is InChI=1S/C16H18O2/c17-16(14-10-6-5-7-11-14)18-15-12-8-3-1-2-4-9-13-15/h1-2,5-7,10-12H,3-4,8-9,13H2/b2-1+,15-12+. The average Bonchev–Trinajstić information content (AvgIpc) is 2.54. The van der Waals surface area contributed by atoms with Crippen molar-refractivity contribution in [1.29, 1.82) is 0 Å². The first-order chi connectivity index (χ1) is 8.86. The Labute approximate surface area is 108 Å². The van der Waals surface area contributed by atoms with Crippen molar-refractivity contribution in [2.45, 2.75) is 32.1 Å². The third-order valence-corrected chi connectivity index (χ3v) is 2.90. The third-order valence-electron chi connectivity index (χ3n) is 2.90. The Morgan fingerprint density at radius 2 is 1.78 bits per heavy atom. The minimum Gasteiger partial charge on any atom is -0.428 e. The number of ether oxygens (including phenoxy) is 1. The molecule has 0 saturated carbocycles. The lowest BCUT2D eigenvalue weighted by atomic mass is 10.2. The molecule has 0 amide bonds. The first kappa shape index (κ1) is 12.6. The normalized spacial score (nSPS) is 20.8. The van der Waals surface area contributed by atoms with E-state index in [1.165, 1.54) is 0 Å². The Bertz CT molecular complexity index is 443. The second-order valence-corrected chi connectivity index (χ2v) is 4.37. The molecule has 2 nitrogen and oxygen atoms in total. The number of hydrogen-bond acceptors (Lipinski definition) is 2. The van der Waals surface area contributed by atoms with Crippen molar-refractivity contribution in [3.63, 3.8) is 0 Å². The first-order valence-electron chi connectivity index (χ1n) is 6.47. The van der Waals surface area contributed by atoms with Crippen LogP contribution in [0, 0.1) is 0 Å². The van der Waals surface area contributed by atoms with Crippen molar-refractivity contribution in [2.24, 2.45) is 0 Å². The third kappa shape index (κ3) is 3.88. The molecule has 2 rings (SSSR count). The van der Waals surface area contributed by atoms with Gasteiger partial charge >= 0.3 is 5.97 Å². The lowest BCUT2D eigenvalue weighted by Gasteiger charge is -2.08. The van der Waals surface area contributed by atoms with Crippen molar-refractivity contribution in [1.82, 2.24) is 0 Å². The largest absolute Gasteiger partial charge is 0.428 e. The van der Waals surface area contributed by atoms with Gasteiger partial charge in [-0.25, -0.2) is 4.79 Å². The lowest BCUT2D eigenvalue weighted by molar-refractivity contribution is 0.0612. The van der Waals surface area contributed by atoms with Crippen LogP contribution in [0.3, 0.4) is 0 Å². The summed E-state index contributed by atoms with van der Waals surface area (Å²) in [7, 11) is 0. The second kappa shape index (κ2) is 6.80. The van der Waals surface area contributed by atoms with E-state index in [2.05, 4.69) is 12.2 Å². The maximum Gasteiger partial charge on any atom is 0.343 e. The van der Waals surface area contributed by atoms with E-state index >= 15 is 0 Å². The zero-order chi connectivity index (χ0) is 12.6. The van der Waals surface area contributed by atoms with Crippen LogP contribution in [0.4, 0.5) is 0 Å². The summed E-state index contributed by atoms with van der Waals surface area (Å²) in [5.41, 5.74) is 0.608. The van der Waals surface area contributed by atoms with Crippen molar-refractivity contribution in [2.75, 3.05) is 0 Å². The van der Waals surface area contributed by atoms with Crippen LogP contribution in [0.2, 0.25) is 0 Å². The summed E-state index contributed by atoms with van der Waals surface area (Å²) >= 11 is 0. The summed E-state index contributed by atoms with van der Waals surface area (Å²) in [5.74, 6) is 0.557. The second-order valence-electron chi connectivity index (χ2n) is 4.37. The molecule has 0 spiro atoms. The Morgan fingerprint density at radius 1 is 1.00 bits per heavy atom. The van der Waals surface area contributed by atoms with Crippen molar-refractivity contribution in [3.8, 4) is 0 Å². The van der Waals surface area contributed by atoms with Gasteiger partial charge in [0, 0.05) is 6.42 Å². The molecule has 1 aliphatic carbocycles. The summed E-state index contributed by atoms with van der Waals surface area (Å²) in [4.78, 5) is 11.9. The summed E-state index contributed by atoms with van der Waals surface area (Å²) in [6.45, 7) is 0. The number of esters is 1. The molecule has 0 atom stereocenters. The van der Waals surface area contributed by atoms with Gasteiger partial charge in [0.05, 0.1) is 5.56 Å². The van der Waals surface area contributed by atoms with Gasteiger partial charge in [-0.2, -0.15) is 0 Å².